The second kappa shape index (κ2) is 9.95. The maximum Gasteiger partial charge on any atom is 0.223 e. The van der Waals surface area contributed by atoms with Gasteiger partial charge in [0.1, 0.15) is 0 Å². The van der Waals surface area contributed by atoms with Crippen LogP contribution in [0.4, 0.5) is 0 Å². The Labute approximate surface area is 120 Å². The lowest BCUT2D eigenvalue weighted by atomic mass is 10.4. The number of nitrogens with zero attached hydrogens (tertiary/aromatic N) is 1. The van der Waals surface area contributed by atoms with Crippen LogP contribution in [0.3, 0.4) is 0 Å². The molecule has 3 N–H and O–H groups in total. The van der Waals surface area contributed by atoms with Gasteiger partial charge in [0.2, 0.25) is 5.91 Å². The van der Waals surface area contributed by atoms with Gasteiger partial charge in [-0.15, -0.1) is 0 Å². The van der Waals surface area contributed by atoms with Gasteiger partial charge < -0.3 is 16.0 Å². The van der Waals surface area contributed by atoms with Gasteiger partial charge >= 0.3 is 0 Å². The van der Waals surface area contributed by atoms with Gasteiger partial charge in [0.15, 0.2) is 5.96 Å². The fourth-order valence-electron chi connectivity index (χ4n) is 1.60. The molecule has 0 aromatic rings. The molecule has 0 saturated heterocycles. The lowest BCUT2D eigenvalue weighted by molar-refractivity contribution is -0.122. The Morgan fingerprint density at radius 3 is 2.63 bits per heavy atom. The zero-order chi connectivity index (χ0) is 13.9. The molecule has 1 rings (SSSR count). The molecule has 0 aliphatic heterocycles. The van der Waals surface area contributed by atoms with Crippen LogP contribution in [0.25, 0.3) is 0 Å². The largest absolute Gasteiger partial charge is 0.357 e. The van der Waals surface area contributed by atoms with E-state index in [1.54, 1.807) is 0 Å². The van der Waals surface area contributed by atoms with Crippen molar-refractivity contribution in [1.29, 1.82) is 0 Å². The number of thioether (sulfide) groups is 1. The number of rotatable bonds is 9. The molecule has 0 spiro atoms. The topological polar surface area (TPSA) is 65.5 Å². The van der Waals surface area contributed by atoms with Gasteiger partial charge in [0.05, 0.1) is 0 Å². The number of nitrogens with one attached hydrogen (secondary N) is 3. The highest BCUT2D eigenvalue weighted by molar-refractivity contribution is 7.98. The monoisotopic (exact) mass is 286 g/mol. The van der Waals surface area contributed by atoms with Crippen molar-refractivity contribution in [3.8, 4) is 0 Å². The molecule has 0 aromatic heterocycles. The van der Waals surface area contributed by atoms with Gasteiger partial charge in [-0.25, -0.2) is 0 Å². The first-order chi connectivity index (χ1) is 9.27. The third kappa shape index (κ3) is 7.97. The number of carbonyl (C=O) groups is 1. The van der Waals surface area contributed by atoms with Crippen molar-refractivity contribution in [2.45, 2.75) is 26.2 Å². The van der Waals surface area contributed by atoms with E-state index in [1.807, 2.05) is 18.7 Å². The molecule has 19 heavy (non-hydrogen) atoms. The van der Waals surface area contributed by atoms with Crippen LogP contribution >= 0.6 is 11.8 Å². The summed E-state index contributed by atoms with van der Waals surface area (Å²) in [5.41, 5.74) is 0. The van der Waals surface area contributed by atoms with Crippen molar-refractivity contribution in [3.63, 3.8) is 0 Å². The van der Waals surface area contributed by atoms with E-state index in [4.69, 9.17) is 0 Å². The molecule has 6 heteroatoms. The molecule has 0 unspecified atom stereocenters. The van der Waals surface area contributed by atoms with E-state index < -0.39 is 0 Å². The quantitative estimate of drug-likeness (QED) is 0.333. The minimum atomic E-state index is 0.198. The van der Waals surface area contributed by atoms with E-state index in [9.17, 15) is 4.79 Å². The molecule has 5 nitrogen and oxygen atoms in total. The zero-order valence-corrected chi connectivity index (χ0v) is 12.8. The number of guanidine groups is 1. The summed E-state index contributed by atoms with van der Waals surface area (Å²) in [6, 6.07) is 0. The summed E-state index contributed by atoms with van der Waals surface area (Å²) in [5, 5.41) is 9.36. The summed E-state index contributed by atoms with van der Waals surface area (Å²) in [7, 11) is 0. The number of amides is 1. The second-order valence-electron chi connectivity index (χ2n) is 4.60. The van der Waals surface area contributed by atoms with Crippen LogP contribution < -0.4 is 16.0 Å². The Kier molecular flexibility index (Phi) is 8.45. The highest BCUT2D eigenvalue weighted by Crippen LogP contribution is 2.28. The Bertz CT molecular complexity index is 292. The fourth-order valence-corrected chi connectivity index (χ4v) is 2.02. The summed E-state index contributed by atoms with van der Waals surface area (Å²) < 4.78 is 0. The molecule has 1 fully saturated rings. The van der Waals surface area contributed by atoms with Crippen LogP contribution in [0.5, 0.6) is 0 Å². The Morgan fingerprint density at radius 1 is 1.26 bits per heavy atom. The molecule has 1 saturated carbocycles. The molecule has 0 atom stereocenters. The lowest BCUT2D eigenvalue weighted by Gasteiger charge is -2.11. The smallest absolute Gasteiger partial charge is 0.223 e. The van der Waals surface area contributed by atoms with Gasteiger partial charge in [0, 0.05) is 32.1 Å². The van der Waals surface area contributed by atoms with E-state index >= 15 is 0 Å². The third-order valence-corrected chi connectivity index (χ3v) is 3.48. The van der Waals surface area contributed by atoms with Gasteiger partial charge in [-0.05, 0) is 38.2 Å². The van der Waals surface area contributed by atoms with E-state index in [-0.39, 0.29) is 11.8 Å². The Hall–Kier alpha value is -0.910. The average molecular weight is 286 g/mol. The van der Waals surface area contributed by atoms with Gasteiger partial charge in [-0.3, -0.25) is 9.79 Å². The van der Waals surface area contributed by atoms with Crippen LogP contribution in [0.1, 0.15) is 26.2 Å². The highest BCUT2D eigenvalue weighted by atomic mass is 32.2. The lowest BCUT2D eigenvalue weighted by Crippen LogP contribution is -2.41. The minimum absolute atomic E-state index is 0.198. The summed E-state index contributed by atoms with van der Waals surface area (Å²) in [6.45, 7) is 5.11. The number of aliphatic imine (C=N–C) groups is 1. The molecule has 1 amide bonds. The molecule has 1 aliphatic rings. The van der Waals surface area contributed by atoms with Crippen LogP contribution in [0.15, 0.2) is 4.99 Å². The fraction of sp³-hybridized carbons (Fsp3) is 0.846. The van der Waals surface area contributed by atoms with Crippen molar-refractivity contribution in [3.05, 3.63) is 0 Å². The molecule has 0 aromatic carbocycles. The van der Waals surface area contributed by atoms with E-state index in [2.05, 4.69) is 27.2 Å². The summed E-state index contributed by atoms with van der Waals surface area (Å²) in [4.78, 5) is 15.9. The molecular weight excluding hydrogens is 260 g/mol. The first-order valence-corrected chi connectivity index (χ1v) is 8.46. The Balaban J connectivity index is 2.11. The highest BCUT2D eigenvalue weighted by Gasteiger charge is 2.28. The molecule has 0 heterocycles. The van der Waals surface area contributed by atoms with E-state index in [0.29, 0.717) is 13.1 Å². The molecule has 1 aliphatic carbocycles. The SMILES string of the molecule is CCNC(=NCCCSC)NCCNC(=O)C1CC1. The molecule has 110 valence electrons. The standard InChI is InChI=1S/C13H26N4OS/c1-3-14-13(16-7-4-10-19-2)17-9-8-15-12(18)11-5-6-11/h11H,3-10H2,1-2H3,(H,15,18)(H2,14,16,17). The predicted octanol–water partition coefficient (Wildman–Crippen LogP) is 0.821. The summed E-state index contributed by atoms with van der Waals surface area (Å²) in [5.74, 6) is 2.46. The minimum Gasteiger partial charge on any atom is -0.357 e. The van der Waals surface area contributed by atoms with E-state index in [1.165, 1.54) is 0 Å². The van der Waals surface area contributed by atoms with Crippen molar-refractivity contribution in [1.82, 2.24) is 16.0 Å². The van der Waals surface area contributed by atoms with Crippen molar-refractivity contribution in [2.24, 2.45) is 10.9 Å². The second-order valence-corrected chi connectivity index (χ2v) is 5.58. The van der Waals surface area contributed by atoms with Gasteiger partial charge in [-0.2, -0.15) is 11.8 Å². The first-order valence-electron chi connectivity index (χ1n) is 7.06. The molecule has 0 radical (unpaired) electrons. The van der Waals surface area contributed by atoms with Crippen molar-refractivity contribution < 1.29 is 4.79 Å². The van der Waals surface area contributed by atoms with Crippen LogP contribution in [-0.4, -0.2) is 50.1 Å². The first kappa shape index (κ1) is 16.1. The van der Waals surface area contributed by atoms with Gasteiger partial charge in [0.25, 0.3) is 0 Å². The number of hydrogen-bond donors (Lipinski definition) is 3. The molecular formula is C13H26N4OS. The van der Waals surface area contributed by atoms with Crippen LogP contribution in [-0.2, 0) is 4.79 Å². The van der Waals surface area contributed by atoms with Gasteiger partial charge in [-0.1, -0.05) is 0 Å². The maximum atomic E-state index is 11.4. The molecule has 0 bridgehead atoms. The number of hydrogen-bond acceptors (Lipinski definition) is 3. The van der Waals surface area contributed by atoms with Crippen molar-refractivity contribution >= 4 is 23.6 Å². The normalized spacial score (nSPS) is 15.2. The van der Waals surface area contributed by atoms with Crippen LogP contribution in [0, 0.1) is 5.92 Å². The third-order valence-electron chi connectivity index (χ3n) is 2.79. The predicted molar refractivity (Wildman–Crippen MR) is 82.7 cm³/mol. The summed E-state index contributed by atoms with van der Waals surface area (Å²) in [6.07, 6.45) is 5.31. The summed E-state index contributed by atoms with van der Waals surface area (Å²) >= 11 is 1.84. The zero-order valence-electron chi connectivity index (χ0n) is 12.0. The average Bonchev–Trinajstić information content (AvgIpc) is 3.23. The maximum absolute atomic E-state index is 11.4. The van der Waals surface area contributed by atoms with E-state index in [0.717, 1.165) is 44.1 Å². The Morgan fingerprint density at radius 2 is 2.00 bits per heavy atom. The van der Waals surface area contributed by atoms with Crippen molar-refractivity contribution in [2.75, 3.05) is 38.2 Å². The number of carbonyl (C=O) groups excluding carboxylic acids is 1. The van der Waals surface area contributed by atoms with Crippen LogP contribution in [0.2, 0.25) is 0 Å².